The van der Waals surface area contributed by atoms with E-state index in [2.05, 4.69) is 54.3 Å². The van der Waals surface area contributed by atoms with Crippen LogP contribution >= 0.6 is 0 Å². The number of benzene rings is 1. The molecule has 0 saturated carbocycles. The van der Waals surface area contributed by atoms with Crippen LogP contribution in [0.4, 0.5) is 0 Å². The van der Waals surface area contributed by atoms with E-state index >= 15 is 0 Å². The molecule has 1 aromatic carbocycles. The topological polar surface area (TPSA) is 27.8 Å². The maximum atomic E-state index is 3.73. The lowest BCUT2D eigenvalue weighted by molar-refractivity contribution is 0.553. The Morgan fingerprint density at radius 2 is 2.24 bits per heavy atom. The molecule has 2 nitrogen and oxygen atoms in total. The van der Waals surface area contributed by atoms with Gasteiger partial charge in [0, 0.05) is 23.1 Å². The predicted molar refractivity (Wildman–Crippen MR) is 74.3 cm³/mol. The van der Waals surface area contributed by atoms with Gasteiger partial charge in [-0.15, -0.1) is 6.58 Å². The van der Waals surface area contributed by atoms with Crippen LogP contribution < -0.4 is 5.32 Å². The van der Waals surface area contributed by atoms with Crippen molar-refractivity contribution in [1.82, 2.24) is 10.3 Å². The van der Waals surface area contributed by atoms with Crippen molar-refractivity contribution in [2.75, 3.05) is 6.54 Å². The van der Waals surface area contributed by atoms with Crippen molar-refractivity contribution in [3.8, 4) is 0 Å². The zero-order chi connectivity index (χ0) is 12.1. The minimum atomic E-state index is 0.495. The molecule has 0 amide bonds. The Morgan fingerprint density at radius 3 is 3.06 bits per heavy atom. The lowest BCUT2D eigenvalue weighted by Gasteiger charge is -2.12. The van der Waals surface area contributed by atoms with Gasteiger partial charge < -0.3 is 10.3 Å². The van der Waals surface area contributed by atoms with E-state index in [0.717, 1.165) is 19.4 Å². The predicted octanol–water partition coefficient (Wildman–Crippen LogP) is 3.26. The van der Waals surface area contributed by atoms with Crippen molar-refractivity contribution in [3.63, 3.8) is 0 Å². The van der Waals surface area contributed by atoms with Gasteiger partial charge in [-0.1, -0.05) is 24.3 Å². The van der Waals surface area contributed by atoms with Gasteiger partial charge in [0.15, 0.2) is 0 Å². The molecule has 0 spiro atoms. The number of nitrogens with one attached hydrogen (secondary N) is 2. The molecular weight excluding hydrogens is 208 g/mol. The molecule has 1 atom stereocenters. The number of rotatable bonds is 6. The quantitative estimate of drug-likeness (QED) is 0.576. The summed E-state index contributed by atoms with van der Waals surface area (Å²) in [6.07, 6.45) is 6.15. The SMILES string of the molecule is C=CCCN[C@H](C)Cc1c[nH]c2ccccc12. The molecule has 17 heavy (non-hydrogen) atoms. The first kappa shape index (κ1) is 11.9. The molecule has 0 unspecified atom stereocenters. The molecule has 90 valence electrons. The Hall–Kier alpha value is -1.54. The average molecular weight is 228 g/mol. The zero-order valence-electron chi connectivity index (χ0n) is 10.4. The number of fused-ring (bicyclic) bond motifs is 1. The molecule has 1 heterocycles. The van der Waals surface area contributed by atoms with Crippen LogP contribution in [0, 0.1) is 0 Å². The van der Waals surface area contributed by atoms with Crippen molar-refractivity contribution in [2.24, 2.45) is 0 Å². The summed E-state index contributed by atoms with van der Waals surface area (Å²) in [6, 6.07) is 8.95. The molecular formula is C15H20N2. The van der Waals surface area contributed by atoms with Crippen LogP contribution in [-0.4, -0.2) is 17.6 Å². The monoisotopic (exact) mass is 228 g/mol. The fourth-order valence-electron chi connectivity index (χ4n) is 2.13. The van der Waals surface area contributed by atoms with E-state index < -0.39 is 0 Å². The summed E-state index contributed by atoms with van der Waals surface area (Å²) in [5.74, 6) is 0. The number of aromatic amines is 1. The Balaban J connectivity index is 2.00. The number of aromatic nitrogens is 1. The lowest BCUT2D eigenvalue weighted by atomic mass is 10.1. The number of hydrogen-bond donors (Lipinski definition) is 2. The van der Waals surface area contributed by atoms with Gasteiger partial charge in [-0.25, -0.2) is 0 Å². The normalized spacial score (nSPS) is 12.8. The lowest BCUT2D eigenvalue weighted by Crippen LogP contribution is -2.28. The minimum Gasteiger partial charge on any atom is -0.361 e. The van der Waals surface area contributed by atoms with Crippen LogP contribution in [0.2, 0.25) is 0 Å². The molecule has 0 aliphatic rings. The second kappa shape index (κ2) is 5.69. The fraction of sp³-hybridized carbons (Fsp3) is 0.333. The third-order valence-electron chi connectivity index (χ3n) is 3.04. The van der Waals surface area contributed by atoms with Crippen molar-refractivity contribution >= 4 is 10.9 Å². The molecule has 0 bridgehead atoms. The fourth-order valence-corrected chi connectivity index (χ4v) is 2.13. The molecule has 0 fully saturated rings. The molecule has 0 aliphatic heterocycles. The highest BCUT2D eigenvalue weighted by Gasteiger charge is 2.07. The summed E-state index contributed by atoms with van der Waals surface area (Å²) in [6.45, 7) is 6.96. The van der Waals surface area contributed by atoms with Crippen LogP contribution in [0.15, 0.2) is 43.1 Å². The van der Waals surface area contributed by atoms with Crippen LogP contribution in [-0.2, 0) is 6.42 Å². The zero-order valence-corrected chi connectivity index (χ0v) is 10.4. The summed E-state index contributed by atoms with van der Waals surface area (Å²) in [4.78, 5) is 3.32. The van der Waals surface area contributed by atoms with Crippen LogP contribution in [0.5, 0.6) is 0 Å². The third-order valence-corrected chi connectivity index (χ3v) is 3.04. The van der Waals surface area contributed by atoms with Gasteiger partial charge in [-0.05, 0) is 37.9 Å². The smallest absolute Gasteiger partial charge is 0.0456 e. The average Bonchev–Trinajstić information content (AvgIpc) is 2.73. The molecule has 0 saturated heterocycles. The number of hydrogen-bond acceptors (Lipinski definition) is 1. The van der Waals surface area contributed by atoms with Crippen LogP contribution in [0.3, 0.4) is 0 Å². The second-order valence-corrected chi connectivity index (χ2v) is 4.50. The molecule has 0 aliphatic carbocycles. The Kier molecular flexibility index (Phi) is 3.99. The second-order valence-electron chi connectivity index (χ2n) is 4.50. The Morgan fingerprint density at radius 1 is 1.41 bits per heavy atom. The van der Waals surface area contributed by atoms with Gasteiger partial charge in [0.05, 0.1) is 0 Å². The van der Waals surface area contributed by atoms with Gasteiger partial charge in [-0.3, -0.25) is 0 Å². The van der Waals surface area contributed by atoms with Crippen molar-refractivity contribution in [2.45, 2.75) is 25.8 Å². The summed E-state index contributed by atoms with van der Waals surface area (Å²) in [5.41, 5.74) is 2.61. The van der Waals surface area contributed by atoms with Gasteiger partial charge in [0.1, 0.15) is 0 Å². The van der Waals surface area contributed by atoms with Crippen molar-refractivity contribution in [1.29, 1.82) is 0 Å². The largest absolute Gasteiger partial charge is 0.361 e. The molecule has 2 rings (SSSR count). The van der Waals surface area contributed by atoms with E-state index in [-0.39, 0.29) is 0 Å². The van der Waals surface area contributed by atoms with Crippen LogP contribution in [0.25, 0.3) is 10.9 Å². The standard InChI is InChI=1S/C15H20N2/c1-3-4-9-16-12(2)10-13-11-17-15-8-6-5-7-14(13)15/h3,5-8,11-12,16-17H,1,4,9-10H2,2H3/t12-/m1/s1. The Labute approximate surface area is 103 Å². The molecule has 2 aromatic rings. The molecule has 2 N–H and O–H groups in total. The van der Waals surface area contributed by atoms with Gasteiger partial charge in [0.25, 0.3) is 0 Å². The van der Waals surface area contributed by atoms with E-state index in [1.807, 2.05) is 6.08 Å². The van der Waals surface area contributed by atoms with Gasteiger partial charge in [-0.2, -0.15) is 0 Å². The first-order valence-electron chi connectivity index (χ1n) is 6.20. The Bertz CT molecular complexity index is 484. The summed E-state index contributed by atoms with van der Waals surface area (Å²) in [7, 11) is 0. The maximum Gasteiger partial charge on any atom is 0.0456 e. The molecule has 0 radical (unpaired) electrons. The van der Waals surface area contributed by atoms with Gasteiger partial charge >= 0.3 is 0 Å². The van der Waals surface area contributed by atoms with Crippen molar-refractivity contribution in [3.05, 3.63) is 48.7 Å². The van der Waals surface area contributed by atoms with E-state index in [4.69, 9.17) is 0 Å². The van der Waals surface area contributed by atoms with Crippen molar-refractivity contribution < 1.29 is 0 Å². The van der Waals surface area contributed by atoms with E-state index in [9.17, 15) is 0 Å². The number of para-hydroxylation sites is 1. The maximum absolute atomic E-state index is 3.73. The highest BCUT2D eigenvalue weighted by Crippen LogP contribution is 2.18. The molecule has 1 aromatic heterocycles. The van der Waals surface area contributed by atoms with Crippen LogP contribution in [0.1, 0.15) is 18.9 Å². The van der Waals surface area contributed by atoms with E-state index in [1.54, 1.807) is 0 Å². The summed E-state index contributed by atoms with van der Waals surface area (Å²) < 4.78 is 0. The minimum absolute atomic E-state index is 0.495. The summed E-state index contributed by atoms with van der Waals surface area (Å²) >= 11 is 0. The summed E-state index contributed by atoms with van der Waals surface area (Å²) in [5, 5.41) is 4.84. The van der Waals surface area contributed by atoms with Gasteiger partial charge in [0.2, 0.25) is 0 Å². The highest BCUT2D eigenvalue weighted by atomic mass is 14.9. The number of H-pyrrole nitrogens is 1. The van der Waals surface area contributed by atoms with E-state index in [1.165, 1.54) is 16.5 Å². The third kappa shape index (κ3) is 2.98. The highest BCUT2D eigenvalue weighted by molar-refractivity contribution is 5.83. The molecule has 2 heteroatoms. The first-order valence-corrected chi connectivity index (χ1v) is 6.20. The van der Waals surface area contributed by atoms with E-state index in [0.29, 0.717) is 6.04 Å². The first-order chi connectivity index (χ1) is 8.31.